The smallest absolute Gasteiger partial charge is 0.272 e. The monoisotopic (exact) mass is 363 g/mol. The van der Waals surface area contributed by atoms with E-state index in [0.717, 1.165) is 17.3 Å². The van der Waals surface area contributed by atoms with E-state index in [4.69, 9.17) is 10.00 Å². The van der Waals surface area contributed by atoms with Gasteiger partial charge in [0.1, 0.15) is 16.8 Å². The van der Waals surface area contributed by atoms with E-state index < -0.39 is 0 Å². The lowest BCUT2D eigenvalue weighted by Gasteiger charge is -2.18. The summed E-state index contributed by atoms with van der Waals surface area (Å²) < 4.78 is 7.54. The van der Waals surface area contributed by atoms with Crippen molar-refractivity contribution in [3.05, 3.63) is 22.6 Å². The van der Waals surface area contributed by atoms with Gasteiger partial charge in [0.15, 0.2) is 0 Å². The predicted molar refractivity (Wildman–Crippen MR) is 82.2 cm³/mol. The lowest BCUT2D eigenvalue weighted by Crippen LogP contribution is -2.33. The average Bonchev–Trinajstić information content (AvgIpc) is 2.73. The van der Waals surface area contributed by atoms with Gasteiger partial charge in [0.25, 0.3) is 5.91 Å². The van der Waals surface area contributed by atoms with Crippen LogP contribution in [0.2, 0.25) is 0 Å². The summed E-state index contributed by atoms with van der Waals surface area (Å²) in [6, 6.07) is 3.75. The van der Waals surface area contributed by atoms with Crippen LogP contribution < -0.4 is 0 Å². The van der Waals surface area contributed by atoms with Gasteiger partial charge in [-0.15, -0.1) is 0 Å². The second kappa shape index (κ2) is 6.42. The van der Waals surface area contributed by atoms with Crippen LogP contribution in [-0.4, -0.2) is 51.9 Å². The average molecular weight is 364 g/mol. The summed E-state index contributed by atoms with van der Waals surface area (Å²) in [7, 11) is 0. The Morgan fingerprint density at radius 1 is 1.45 bits per heavy atom. The van der Waals surface area contributed by atoms with Crippen LogP contribution in [0.5, 0.6) is 0 Å². The molecule has 0 N–H and O–H groups in total. The van der Waals surface area contributed by atoms with Gasteiger partial charge in [-0.25, -0.2) is 4.68 Å². The van der Waals surface area contributed by atoms with E-state index in [2.05, 4.69) is 32.1 Å². The topological polar surface area (TPSA) is 84.0 Å². The first-order chi connectivity index (χ1) is 10.7. The first kappa shape index (κ1) is 14.9. The van der Waals surface area contributed by atoms with Crippen molar-refractivity contribution in [1.82, 2.24) is 19.7 Å². The molecule has 0 spiro atoms. The molecule has 1 fully saturated rings. The number of halogens is 1. The van der Waals surface area contributed by atoms with Crippen LogP contribution in [0.15, 0.2) is 16.9 Å². The molecule has 114 valence electrons. The lowest BCUT2D eigenvalue weighted by atomic mass is 10.2. The molecule has 1 amide bonds. The third-order valence-electron chi connectivity index (χ3n) is 3.54. The highest BCUT2D eigenvalue weighted by Gasteiger charge is 2.20. The Hall–Kier alpha value is -1.98. The van der Waals surface area contributed by atoms with Gasteiger partial charge in [-0.1, -0.05) is 0 Å². The molecule has 0 aliphatic carbocycles. The van der Waals surface area contributed by atoms with E-state index in [9.17, 15) is 4.79 Å². The van der Waals surface area contributed by atoms with E-state index in [-0.39, 0.29) is 12.5 Å². The van der Waals surface area contributed by atoms with E-state index >= 15 is 0 Å². The molecule has 3 rings (SSSR count). The Balaban J connectivity index is 1.95. The third-order valence-corrected chi connectivity index (χ3v) is 4.13. The molecule has 8 heteroatoms. The highest BCUT2D eigenvalue weighted by molar-refractivity contribution is 9.10. The number of carbonyl (C=O) groups excluding carboxylic acids is 1. The molecule has 1 saturated heterocycles. The van der Waals surface area contributed by atoms with Crippen LogP contribution in [0.3, 0.4) is 0 Å². The fourth-order valence-electron chi connectivity index (χ4n) is 2.45. The number of pyridine rings is 1. The zero-order chi connectivity index (χ0) is 15.5. The number of carbonyl (C=O) groups is 1. The van der Waals surface area contributed by atoms with Crippen molar-refractivity contribution in [2.75, 3.05) is 26.3 Å². The molecule has 0 aromatic carbocycles. The Morgan fingerprint density at radius 2 is 2.32 bits per heavy atom. The minimum Gasteiger partial charge on any atom is -0.380 e. The van der Waals surface area contributed by atoms with Gasteiger partial charge in [0, 0.05) is 25.9 Å². The largest absolute Gasteiger partial charge is 0.380 e. The van der Waals surface area contributed by atoms with Crippen molar-refractivity contribution in [1.29, 1.82) is 5.26 Å². The number of fused-ring (bicyclic) bond motifs is 1. The van der Waals surface area contributed by atoms with Crippen molar-refractivity contribution in [2.45, 2.75) is 13.0 Å². The SMILES string of the molecule is N#CCn1nc(Br)c2cnc(C(=O)N3CCCOCC3)cc21. The summed E-state index contributed by atoms with van der Waals surface area (Å²) in [5, 5.41) is 13.9. The number of nitrogens with zero attached hydrogens (tertiary/aromatic N) is 5. The standard InChI is InChI=1S/C14H14BrN5O2/c15-13-10-9-17-11(8-12(10)20(18-13)4-2-16)14(21)19-3-1-6-22-7-5-19/h8-9H,1,3-7H2. The molecule has 0 bridgehead atoms. The third kappa shape index (κ3) is 2.82. The summed E-state index contributed by atoms with van der Waals surface area (Å²) in [5.41, 5.74) is 1.08. The first-order valence-electron chi connectivity index (χ1n) is 6.96. The summed E-state index contributed by atoms with van der Waals surface area (Å²) in [4.78, 5) is 18.6. The second-order valence-electron chi connectivity index (χ2n) is 4.95. The molecule has 22 heavy (non-hydrogen) atoms. The van der Waals surface area contributed by atoms with Crippen molar-refractivity contribution in [3.63, 3.8) is 0 Å². The minimum atomic E-state index is -0.117. The van der Waals surface area contributed by atoms with Gasteiger partial charge in [0.2, 0.25) is 0 Å². The van der Waals surface area contributed by atoms with Gasteiger partial charge in [-0.2, -0.15) is 10.4 Å². The van der Waals surface area contributed by atoms with Crippen LogP contribution in [0.25, 0.3) is 10.9 Å². The van der Waals surface area contributed by atoms with Crippen LogP contribution in [0.4, 0.5) is 0 Å². The molecule has 1 aliphatic heterocycles. The maximum absolute atomic E-state index is 12.6. The first-order valence-corrected chi connectivity index (χ1v) is 7.76. The molecule has 7 nitrogen and oxygen atoms in total. The number of aromatic nitrogens is 3. The quantitative estimate of drug-likeness (QED) is 0.808. The number of hydrogen-bond acceptors (Lipinski definition) is 5. The lowest BCUT2D eigenvalue weighted by molar-refractivity contribution is 0.0735. The predicted octanol–water partition coefficient (Wildman–Crippen LogP) is 1.58. The number of hydrogen-bond donors (Lipinski definition) is 0. The highest BCUT2D eigenvalue weighted by atomic mass is 79.9. The molecule has 1 aliphatic rings. The van der Waals surface area contributed by atoms with Crippen molar-refractivity contribution in [2.24, 2.45) is 0 Å². The molecule has 2 aromatic rings. The number of rotatable bonds is 2. The van der Waals surface area contributed by atoms with Crippen molar-refractivity contribution >= 4 is 32.7 Å². The molecule has 0 radical (unpaired) electrons. The zero-order valence-electron chi connectivity index (χ0n) is 11.8. The molecule has 3 heterocycles. The van der Waals surface area contributed by atoms with Gasteiger partial charge >= 0.3 is 0 Å². The Bertz CT molecular complexity index is 744. The normalized spacial score (nSPS) is 15.5. The highest BCUT2D eigenvalue weighted by Crippen LogP contribution is 2.23. The van der Waals surface area contributed by atoms with Crippen LogP contribution in [0, 0.1) is 11.3 Å². The van der Waals surface area contributed by atoms with Crippen LogP contribution in [-0.2, 0) is 11.3 Å². The summed E-state index contributed by atoms with van der Waals surface area (Å²) in [5.74, 6) is -0.117. The Kier molecular flexibility index (Phi) is 4.36. The molecular formula is C14H14BrN5O2. The number of nitriles is 1. The van der Waals surface area contributed by atoms with Crippen molar-refractivity contribution < 1.29 is 9.53 Å². The van der Waals surface area contributed by atoms with E-state index in [0.29, 0.717) is 36.6 Å². The summed E-state index contributed by atoms with van der Waals surface area (Å²) in [6.45, 7) is 2.58. The maximum atomic E-state index is 12.6. The number of amides is 1. The van der Waals surface area contributed by atoms with Gasteiger partial charge < -0.3 is 9.64 Å². The van der Waals surface area contributed by atoms with E-state index in [1.807, 2.05) is 0 Å². The van der Waals surface area contributed by atoms with Crippen LogP contribution in [0.1, 0.15) is 16.9 Å². The minimum absolute atomic E-state index is 0.117. The van der Waals surface area contributed by atoms with Gasteiger partial charge in [-0.3, -0.25) is 9.78 Å². The van der Waals surface area contributed by atoms with Crippen molar-refractivity contribution in [3.8, 4) is 6.07 Å². The summed E-state index contributed by atoms with van der Waals surface area (Å²) >= 11 is 3.34. The summed E-state index contributed by atoms with van der Waals surface area (Å²) in [6.07, 6.45) is 2.44. The number of ether oxygens (including phenoxy) is 1. The molecule has 2 aromatic heterocycles. The van der Waals surface area contributed by atoms with Crippen LogP contribution >= 0.6 is 15.9 Å². The molecular weight excluding hydrogens is 350 g/mol. The fourth-order valence-corrected chi connectivity index (χ4v) is 2.94. The molecule has 0 unspecified atom stereocenters. The molecule has 0 atom stereocenters. The molecule has 0 saturated carbocycles. The van der Waals surface area contributed by atoms with Gasteiger partial charge in [-0.05, 0) is 28.4 Å². The van der Waals surface area contributed by atoms with E-state index in [1.165, 1.54) is 0 Å². The zero-order valence-corrected chi connectivity index (χ0v) is 13.4. The maximum Gasteiger partial charge on any atom is 0.272 e. The Morgan fingerprint density at radius 3 is 3.14 bits per heavy atom. The Labute approximate surface area is 135 Å². The van der Waals surface area contributed by atoms with E-state index in [1.54, 1.807) is 21.8 Å². The fraction of sp³-hybridized carbons (Fsp3) is 0.429. The second-order valence-corrected chi connectivity index (χ2v) is 5.70. The van der Waals surface area contributed by atoms with Gasteiger partial charge in [0.05, 0.1) is 23.6 Å².